The van der Waals surface area contributed by atoms with Crippen LogP contribution in [0.25, 0.3) is 0 Å². The Morgan fingerprint density at radius 3 is 2.19 bits per heavy atom. The van der Waals surface area contributed by atoms with Crippen LogP contribution in [-0.2, 0) is 14.6 Å². The average Bonchev–Trinajstić information content (AvgIpc) is 2.29. The molecule has 2 rings (SSSR count). The smallest absolute Gasteiger partial charge is 0.286 e. The number of sulfone groups is 1. The van der Waals surface area contributed by atoms with E-state index in [-0.39, 0.29) is 5.16 Å². The third kappa shape index (κ3) is 2.42. The first-order valence-electron chi connectivity index (χ1n) is 4.67. The van der Waals surface area contributed by atoms with Gasteiger partial charge in [-0.15, -0.1) is 20.4 Å². The maximum atomic E-state index is 11.1. The molecule has 16 heavy (non-hydrogen) atoms. The number of aromatic nitrogens is 4. The molecule has 0 amide bonds. The molecule has 1 saturated heterocycles. The number of anilines is 1. The molecule has 0 unspecified atom stereocenters. The summed E-state index contributed by atoms with van der Waals surface area (Å²) in [5, 5.41) is 14.2. The van der Waals surface area contributed by atoms with Crippen LogP contribution in [0.5, 0.6) is 0 Å². The Morgan fingerprint density at radius 1 is 1.12 bits per heavy atom. The van der Waals surface area contributed by atoms with E-state index in [9.17, 15) is 8.42 Å². The van der Waals surface area contributed by atoms with Crippen molar-refractivity contribution in [2.45, 2.75) is 5.16 Å². The van der Waals surface area contributed by atoms with Crippen molar-refractivity contribution < 1.29 is 13.2 Å². The molecule has 0 bridgehead atoms. The first-order chi connectivity index (χ1) is 7.57. The van der Waals surface area contributed by atoms with Crippen molar-refractivity contribution in [3.05, 3.63) is 0 Å². The molecule has 0 radical (unpaired) electrons. The Labute approximate surface area is 92.6 Å². The second-order valence-corrected chi connectivity index (χ2v) is 5.26. The van der Waals surface area contributed by atoms with E-state index in [2.05, 4.69) is 20.4 Å². The molecule has 9 heteroatoms. The molecule has 0 aromatic carbocycles. The second-order valence-electron chi connectivity index (χ2n) is 3.35. The van der Waals surface area contributed by atoms with Crippen LogP contribution in [0.4, 0.5) is 5.95 Å². The third-order valence-electron chi connectivity index (χ3n) is 2.08. The average molecular weight is 245 g/mol. The summed E-state index contributed by atoms with van der Waals surface area (Å²) in [6.07, 6.45) is 1.01. The number of hydrogen-bond donors (Lipinski definition) is 0. The third-order valence-corrected chi connectivity index (χ3v) is 2.90. The summed E-state index contributed by atoms with van der Waals surface area (Å²) >= 11 is 0. The van der Waals surface area contributed by atoms with Crippen LogP contribution in [-0.4, -0.2) is 61.4 Å². The van der Waals surface area contributed by atoms with E-state index in [1.807, 2.05) is 4.90 Å². The monoisotopic (exact) mass is 245 g/mol. The molecule has 1 fully saturated rings. The summed E-state index contributed by atoms with van der Waals surface area (Å²) in [4.78, 5) is 1.84. The van der Waals surface area contributed by atoms with Gasteiger partial charge in [0.1, 0.15) is 0 Å². The van der Waals surface area contributed by atoms with Crippen LogP contribution in [0.1, 0.15) is 0 Å². The van der Waals surface area contributed by atoms with Gasteiger partial charge in [-0.2, -0.15) is 0 Å². The number of morpholine rings is 1. The van der Waals surface area contributed by atoms with Crippen molar-refractivity contribution in [2.75, 3.05) is 37.5 Å². The molecule has 0 spiro atoms. The zero-order valence-corrected chi connectivity index (χ0v) is 9.51. The van der Waals surface area contributed by atoms with Crippen LogP contribution < -0.4 is 4.90 Å². The highest BCUT2D eigenvalue weighted by molar-refractivity contribution is 7.90. The minimum absolute atomic E-state index is 0.329. The van der Waals surface area contributed by atoms with Gasteiger partial charge in [-0.1, -0.05) is 0 Å². The summed E-state index contributed by atoms with van der Waals surface area (Å²) in [7, 11) is -3.44. The lowest BCUT2D eigenvalue weighted by molar-refractivity contribution is 0.121. The number of nitrogens with zero attached hydrogens (tertiary/aromatic N) is 5. The first-order valence-corrected chi connectivity index (χ1v) is 6.56. The van der Waals surface area contributed by atoms with Gasteiger partial charge in [0.15, 0.2) is 0 Å². The predicted molar refractivity (Wildman–Crippen MR) is 53.8 cm³/mol. The highest BCUT2D eigenvalue weighted by atomic mass is 32.2. The number of hydrogen-bond acceptors (Lipinski definition) is 8. The first kappa shape index (κ1) is 11.1. The van der Waals surface area contributed by atoms with Crippen LogP contribution in [0, 0.1) is 0 Å². The lowest BCUT2D eigenvalue weighted by atomic mass is 10.4. The Morgan fingerprint density at radius 2 is 1.69 bits per heavy atom. The molecular formula is C7H11N5O3S. The zero-order chi connectivity index (χ0) is 11.6. The Bertz CT molecular complexity index is 453. The molecule has 2 heterocycles. The van der Waals surface area contributed by atoms with Gasteiger partial charge in [-0.25, -0.2) is 8.42 Å². The maximum absolute atomic E-state index is 11.1. The van der Waals surface area contributed by atoms with Gasteiger partial charge in [0.2, 0.25) is 9.84 Å². The Hall–Kier alpha value is -1.35. The van der Waals surface area contributed by atoms with Crippen LogP contribution in [0.3, 0.4) is 0 Å². The molecule has 1 aliphatic heterocycles. The van der Waals surface area contributed by atoms with Crippen molar-refractivity contribution >= 4 is 15.8 Å². The molecule has 0 saturated carbocycles. The Balaban J connectivity index is 2.18. The summed E-state index contributed by atoms with van der Waals surface area (Å²) in [6.45, 7) is 2.50. The van der Waals surface area contributed by atoms with Crippen molar-refractivity contribution in [3.8, 4) is 0 Å². The quantitative estimate of drug-likeness (QED) is 0.621. The molecule has 0 aliphatic carbocycles. The standard InChI is InChI=1S/C7H11N5O3S/c1-16(13,14)7-10-8-6(9-11-7)12-2-4-15-5-3-12/h2-5H2,1H3. The van der Waals surface area contributed by atoms with Gasteiger partial charge >= 0.3 is 0 Å². The maximum Gasteiger partial charge on any atom is 0.286 e. The summed E-state index contributed by atoms with van der Waals surface area (Å²) in [5.74, 6) is 0.329. The molecule has 88 valence electrons. The summed E-state index contributed by atoms with van der Waals surface area (Å²) in [6, 6.07) is 0. The van der Waals surface area contributed by atoms with E-state index in [1.165, 1.54) is 0 Å². The molecule has 1 aromatic heterocycles. The van der Waals surface area contributed by atoms with E-state index in [0.717, 1.165) is 6.26 Å². The number of ether oxygens (including phenoxy) is 1. The molecule has 1 aliphatic rings. The van der Waals surface area contributed by atoms with E-state index in [1.54, 1.807) is 0 Å². The molecular weight excluding hydrogens is 234 g/mol. The molecule has 8 nitrogen and oxygen atoms in total. The zero-order valence-electron chi connectivity index (χ0n) is 8.70. The Kier molecular flexibility index (Phi) is 2.97. The van der Waals surface area contributed by atoms with E-state index in [4.69, 9.17) is 4.74 Å². The van der Waals surface area contributed by atoms with Crippen molar-refractivity contribution in [2.24, 2.45) is 0 Å². The molecule has 1 aromatic rings. The molecule has 0 N–H and O–H groups in total. The summed E-state index contributed by atoms with van der Waals surface area (Å²) in [5.41, 5.74) is 0. The minimum atomic E-state index is -3.44. The largest absolute Gasteiger partial charge is 0.378 e. The minimum Gasteiger partial charge on any atom is -0.378 e. The SMILES string of the molecule is CS(=O)(=O)c1nnc(N2CCOCC2)nn1. The fraction of sp³-hybridized carbons (Fsp3) is 0.714. The van der Waals surface area contributed by atoms with Gasteiger partial charge in [0.25, 0.3) is 11.1 Å². The van der Waals surface area contributed by atoms with Crippen LogP contribution in [0.2, 0.25) is 0 Å². The summed E-state index contributed by atoms with van der Waals surface area (Å²) < 4.78 is 27.3. The van der Waals surface area contributed by atoms with Crippen molar-refractivity contribution in [1.82, 2.24) is 20.4 Å². The van der Waals surface area contributed by atoms with Gasteiger partial charge in [-0.3, -0.25) is 0 Å². The number of rotatable bonds is 2. The predicted octanol–water partition coefficient (Wildman–Crippen LogP) is -1.49. The highest BCUT2D eigenvalue weighted by Gasteiger charge is 2.17. The van der Waals surface area contributed by atoms with Crippen molar-refractivity contribution in [1.29, 1.82) is 0 Å². The fourth-order valence-electron chi connectivity index (χ4n) is 1.25. The van der Waals surface area contributed by atoms with Crippen LogP contribution in [0.15, 0.2) is 5.16 Å². The second kappa shape index (κ2) is 4.26. The highest BCUT2D eigenvalue weighted by Crippen LogP contribution is 2.07. The van der Waals surface area contributed by atoms with E-state index < -0.39 is 9.84 Å². The fourth-order valence-corrected chi connectivity index (χ4v) is 1.63. The molecule has 0 atom stereocenters. The van der Waals surface area contributed by atoms with E-state index >= 15 is 0 Å². The lowest BCUT2D eigenvalue weighted by Gasteiger charge is -2.25. The van der Waals surface area contributed by atoms with E-state index in [0.29, 0.717) is 32.3 Å². The van der Waals surface area contributed by atoms with Gasteiger partial charge in [0.05, 0.1) is 13.2 Å². The van der Waals surface area contributed by atoms with Gasteiger partial charge in [0, 0.05) is 19.3 Å². The van der Waals surface area contributed by atoms with Gasteiger partial charge < -0.3 is 9.64 Å². The van der Waals surface area contributed by atoms with Crippen molar-refractivity contribution in [3.63, 3.8) is 0 Å². The normalized spacial score (nSPS) is 17.4. The topological polar surface area (TPSA) is 98.2 Å². The lowest BCUT2D eigenvalue weighted by Crippen LogP contribution is -2.37. The van der Waals surface area contributed by atoms with Gasteiger partial charge in [-0.05, 0) is 0 Å². The van der Waals surface area contributed by atoms with Crippen LogP contribution >= 0.6 is 0 Å².